The Morgan fingerprint density at radius 3 is 2.50 bits per heavy atom. The summed E-state index contributed by atoms with van der Waals surface area (Å²) in [6.45, 7) is 0.695. The Morgan fingerprint density at radius 2 is 1.80 bits per heavy atom. The van der Waals surface area contributed by atoms with Crippen molar-refractivity contribution in [3.8, 4) is 5.75 Å². The molecule has 0 unspecified atom stereocenters. The van der Waals surface area contributed by atoms with Crippen LogP contribution in [0, 0.1) is 0 Å². The third-order valence-corrected chi connectivity index (χ3v) is 5.02. The lowest BCUT2D eigenvalue weighted by Crippen LogP contribution is -2.53. The van der Waals surface area contributed by atoms with Crippen molar-refractivity contribution in [2.75, 3.05) is 0 Å². The van der Waals surface area contributed by atoms with E-state index >= 15 is 0 Å². The molecule has 1 aliphatic rings. The summed E-state index contributed by atoms with van der Waals surface area (Å²) in [5.41, 5.74) is 2.14. The number of hydrogen-bond acceptors (Lipinski definition) is 4. The molecular weight excluding hydrogens is 383 g/mol. The first kappa shape index (κ1) is 19.7. The van der Waals surface area contributed by atoms with Crippen LogP contribution in [0.15, 0.2) is 73.1 Å². The molecule has 4 rings (SSSR count). The van der Waals surface area contributed by atoms with Gasteiger partial charge in [0.15, 0.2) is 18.9 Å². The molecule has 3 aromatic rings. The van der Waals surface area contributed by atoms with Gasteiger partial charge in [-0.25, -0.2) is 9.36 Å². The van der Waals surface area contributed by atoms with Gasteiger partial charge in [0.1, 0.15) is 5.75 Å². The molecule has 7 nitrogen and oxygen atoms in total. The molecule has 1 aliphatic heterocycles. The molecule has 0 saturated carbocycles. The van der Waals surface area contributed by atoms with E-state index in [0.29, 0.717) is 17.7 Å². The Hall–Kier alpha value is -3.65. The van der Waals surface area contributed by atoms with Gasteiger partial charge in [0.2, 0.25) is 0 Å². The highest BCUT2D eigenvalue weighted by molar-refractivity contribution is 6.47. The minimum absolute atomic E-state index is 0.0109. The summed E-state index contributed by atoms with van der Waals surface area (Å²) in [5, 5.41) is 22.3. The highest BCUT2D eigenvalue weighted by Crippen LogP contribution is 2.30. The number of amides is 1. The number of carbonyl (C=O) groups is 2. The van der Waals surface area contributed by atoms with E-state index in [9.17, 15) is 19.7 Å². The number of nitrogens with one attached hydrogen (secondary N) is 1. The first-order valence-corrected chi connectivity index (χ1v) is 9.55. The number of para-hydroxylation sites is 1. The van der Waals surface area contributed by atoms with Gasteiger partial charge in [0.05, 0.1) is 11.5 Å². The fourth-order valence-electron chi connectivity index (χ4n) is 3.48. The minimum atomic E-state index is -1.34. The van der Waals surface area contributed by atoms with Crippen molar-refractivity contribution in [2.45, 2.75) is 18.9 Å². The number of benzene rings is 2. The summed E-state index contributed by atoms with van der Waals surface area (Å²) in [4.78, 5) is 24.0. The standard InChI is InChI=1S/C22H19BN2O5/c26-21(16-9-7-15(8-10-16)14-25-11-2-1-3-12-25)24-19-13-17-5-4-6-18(22(27)28)20(17)30-23(19)29/h1-12,19,29H,13-14H2,(H-,24,26,27,28)/p+1/t19-/m0/s1. The molecule has 8 heteroatoms. The molecule has 0 aliphatic carbocycles. The van der Waals surface area contributed by atoms with Crippen molar-refractivity contribution >= 4 is 19.0 Å². The Morgan fingerprint density at radius 1 is 1.07 bits per heavy atom. The normalized spacial score (nSPS) is 15.1. The lowest BCUT2D eigenvalue weighted by molar-refractivity contribution is -0.688. The molecule has 2 aromatic carbocycles. The van der Waals surface area contributed by atoms with Crippen LogP contribution in [0.1, 0.15) is 31.8 Å². The minimum Gasteiger partial charge on any atom is -0.534 e. The van der Waals surface area contributed by atoms with E-state index in [2.05, 4.69) is 5.32 Å². The molecule has 30 heavy (non-hydrogen) atoms. The first-order chi connectivity index (χ1) is 14.5. The first-order valence-electron chi connectivity index (χ1n) is 9.55. The van der Waals surface area contributed by atoms with Crippen molar-refractivity contribution in [3.63, 3.8) is 0 Å². The number of aromatic carboxylic acids is 1. The summed E-state index contributed by atoms with van der Waals surface area (Å²) < 4.78 is 7.45. The molecule has 1 atom stereocenters. The van der Waals surface area contributed by atoms with Crippen molar-refractivity contribution in [1.82, 2.24) is 5.32 Å². The van der Waals surface area contributed by atoms with E-state index < -0.39 is 19.0 Å². The van der Waals surface area contributed by atoms with Crippen molar-refractivity contribution in [2.24, 2.45) is 0 Å². The van der Waals surface area contributed by atoms with Crippen LogP contribution in [0.2, 0.25) is 0 Å². The van der Waals surface area contributed by atoms with Crippen LogP contribution < -0.4 is 14.5 Å². The Kier molecular flexibility index (Phi) is 5.49. The molecule has 1 amide bonds. The van der Waals surface area contributed by atoms with Gasteiger partial charge in [0.25, 0.3) is 5.91 Å². The third kappa shape index (κ3) is 4.18. The second-order valence-corrected chi connectivity index (χ2v) is 7.14. The van der Waals surface area contributed by atoms with Gasteiger partial charge in [-0.3, -0.25) is 4.79 Å². The van der Waals surface area contributed by atoms with Crippen LogP contribution >= 0.6 is 0 Å². The number of nitrogens with zero attached hydrogens (tertiary/aromatic N) is 1. The van der Waals surface area contributed by atoms with E-state index in [4.69, 9.17) is 4.65 Å². The maximum absolute atomic E-state index is 12.6. The summed E-state index contributed by atoms with van der Waals surface area (Å²) in [5.74, 6) is -2.01. The number of carboxylic acids is 1. The predicted molar refractivity (Wildman–Crippen MR) is 109 cm³/mol. The van der Waals surface area contributed by atoms with Gasteiger partial charge in [-0.05, 0) is 30.2 Å². The largest absolute Gasteiger partial charge is 0.547 e. The van der Waals surface area contributed by atoms with Gasteiger partial charge in [-0.15, -0.1) is 0 Å². The molecule has 1 aromatic heterocycles. The van der Waals surface area contributed by atoms with Gasteiger partial charge in [-0.2, -0.15) is 0 Å². The van der Waals surface area contributed by atoms with Crippen molar-refractivity contribution in [1.29, 1.82) is 0 Å². The summed E-state index contributed by atoms with van der Waals surface area (Å²) in [7, 11) is -1.34. The zero-order chi connectivity index (χ0) is 21.1. The van der Waals surface area contributed by atoms with Gasteiger partial charge in [0, 0.05) is 23.3 Å². The van der Waals surface area contributed by atoms with Crippen LogP contribution in [0.3, 0.4) is 0 Å². The van der Waals surface area contributed by atoms with Crippen LogP contribution in [-0.2, 0) is 13.0 Å². The fraction of sp³-hybridized carbons (Fsp3) is 0.136. The van der Waals surface area contributed by atoms with Gasteiger partial charge in [-0.1, -0.05) is 30.3 Å². The van der Waals surface area contributed by atoms with Crippen LogP contribution in [0.25, 0.3) is 0 Å². The maximum Gasteiger partial charge on any atom is 0.547 e. The van der Waals surface area contributed by atoms with E-state index in [1.165, 1.54) is 6.07 Å². The average Bonchev–Trinajstić information content (AvgIpc) is 2.75. The van der Waals surface area contributed by atoms with E-state index in [0.717, 1.165) is 5.56 Å². The number of pyridine rings is 1. The summed E-state index contributed by atoms with van der Waals surface area (Å²) >= 11 is 0. The zero-order valence-electron chi connectivity index (χ0n) is 16.1. The second-order valence-electron chi connectivity index (χ2n) is 7.14. The second kappa shape index (κ2) is 8.38. The number of carbonyl (C=O) groups excluding carboxylic acids is 1. The summed E-state index contributed by atoms with van der Waals surface area (Å²) in [6.07, 6.45) is 4.21. The molecule has 0 fully saturated rings. The zero-order valence-corrected chi connectivity index (χ0v) is 16.1. The number of aromatic nitrogens is 1. The molecule has 0 saturated heterocycles. The third-order valence-electron chi connectivity index (χ3n) is 5.02. The average molecular weight is 403 g/mol. The quantitative estimate of drug-likeness (QED) is 0.443. The lowest BCUT2D eigenvalue weighted by Gasteiger charge is -2.28. The molecule has 0 bridgehead atoms. The highest BCUT2D eigenvalue weighted by Gasteiger charge is 2.37. The van der Waals surface area contributed by atoms with E-state index in [1.807, 2.05) is 47.3 Å². The summed E-state index contributed by atoms with van der Waals surface area (Å²) in [6, 6.07) is 17.9. The Labute approximate surface area is 173 Å². The Balaban J connectivity index is 1.44. The van der Waals surface area contributed by atoms with Crippen LogP contribution in [0.5, 0.6) is 5.75 Å². The lowest BCUT2D eigenvalue weighted by atomic mass is 9.72. The van der Waals surface area contributed by atoms with Crippen molar-refractivity contribution < 1.29 is 28.9 Å². The number of rotatable bonds is 5. The smallest absolute Gasteiger partial charge is 0.534 e. The van der Waals surface area contributed by atoms with Gasteiger partial charge < -0.3 is 20.1 Å². The molecule has 150 valence electrons. The molecule has 2 heterocycles. The maximum atomic E-state index is 12.6. The topological polar surface area (TPSA) is 99.7 Å². The molecule has 3 N–H and O–H groups in total. The highest BCUT2D eigenvalue weighted by atomic mass is 16.5. The van der Waals surface area contributed by atoms with Gasteiger partial charge >= 0.3 is 13.1 Å². The number of hydrogen-bond donors (Lipinski definition) is 3. The SMILES string of the molecule is O=C(N[C@H]1Cc2cccc(C(=O)O)c2OB1O)c1ccc(C[n+]2ccccc2)cc1. The molecule has 0 radical (unpaired) electrons. The fourth-order valence-corrected chi connectivity index (χ4v) is 3.48. The molecular formula is C22H20BN2O5+. The molecule has 0 spiro atoms. The van der Waals surface area contributed by atoms with E-state index in [-0.39, 0.29) is 23.6 Å². The monoisotopic (exact) mass is 403 g/mol. The van der Waals surface area contributed by atoms with E-state index in [1.54, 1.807) is 24.3 Å². The van der Waals surface area contributed by atoms with Crippen LogP contribution in [-0.4, -0.2) is 35.1 Å². The Bertz CT molecular complexity index is 1070. The predicted octanol–water partition coefficient (Wildman–Crippen LogP) is 1.47. The van der Waals surface area contributed by atoms with Crippen LogP contribution in [0.4, 0.5) is 0 Å². The number of carboxylic acid groups (broad SMARTS) is 1. The number of fused-ring (bicyclic) bond motifs is 1. The van der Waals surface area contributed by atoms with Crippen molar-refractivity contribution in [3.05, 3.63) is 95.3 Å².